The number of fused-ring (bicyclic) bond motifs is 3. The van der Waals surface area contributed by atoms with Gasteiger partial charge in [-0.05, 0) is 60.4 Å². The topological polar surface area (TPSA) is 158 Å². The van der Waals surface area contributed by atoms with Crippen molar-refractivity contribution in [2.45, 2.75) is 77.4 Å². The standard InChI is InChI=1S/C33H40Cl3N5O5/c1-4-19(3)29(41(32(45)46)17-20-7-5-6-8-24(20)35)30(43)40-33(31(44)38-16-18(2)9-10-27(37)42)12-11-26-23(15-33)22-13-21(34)14-25(36)28(22)39-26/h5-8,13-14,18-19,29,39H,4,9-12,15-17H2,1-3H3,(H2,37,42)(H,38,44)(H,40,43)(H,45,46)/t18-,19-,29?,33+/m0/s1. The number of carbonyl (C=O) groups is 4. The molecule has 0 saturated heterocycles. The van der Waals surface area contributed by atoms with Crippen molar-refractivity contribution in [3.8, 4) is 0 Å². The molecular formula is C33H40Cl3N5O5. The molecule has 13 heteroatoms. The number of hydrogen-bond donors (Lipinski definition) is 5. The van der Waals surface area contributed by atoms with E-state index in [1.54, 1.807) is 36.4 Å². The Balaban J connectivity index is 1.72. The van der Waals surface area contributed by atoms with Crippen LogP contribution in [0, 0.1) is 11.8 Å². The Morgan fingerprint density at radius 1 is 1.11 bits per heavy atom. The van der Waals surface area contributed by atoms with Gasteiger partial charge in [-0.1, -0.05) is 80.2 Å². The predicted octanol–water partition coefficient (Wildman–Crippen LogP) is 6.08. The molecule has 4 rings (SSSR count). The molecule has 1 aliphatic rings. The van der Waals surface area contributed by atoms with Crippen LogP contribution in [0.4, 0.5) is 4.79 Å². The molecule has 2 aromatic carbocycles. The van der Waals surface area contributed by atoms with Gasteiger partial charge in [0, 0.05) is 40.5 Å². The minimum absolute atomic E-state index is 0.0555. The van der Waals surface area contributed by atoms with Gasteiger partial charge in [-0.3, -0.25) is 19.3 Å². The number of hydrogen-bond acceptors (Lipinski definition) is 4. The van der Waals surface area contributed by atoms with Gasteiger partial charge in [-0.25, -0.2) is 4.79 Å². The van der Waals surface area contributed by atoms with E-state index < -0.39 is 41.3 Å². The molecule has 1 unspecified atom stereocenters. The quantitative estimate of drug-likeness (QED) is 0.147. The first kappa shape index (κ1) is 35.4. The molecule has 4 atom stereocenters. The lowest BCUT2D eigenvalue weighted by Gasteiger charge is -2.40. The molecule has 248 valence electrons. The molecule has 0 fully saturated rings. The minimum Gasteiger partial charge on any atom is -0.465 e. The smallest absolute Gasteiger partial charge is 0.408 e. The van der Waals surface area contributed by atoms with Crippen molar-refractivity contribution < 1.29 is 24.3 Å². The molecule has 0 aliphatic heterocycles. The lowest BCUT2D eigenvalue weighted by atomic mass is 9.78. The fourth-order valence-electron chi connectivity index (χ4n) is 6.09. The number of aromatic amines is 1. The summed E-state index contributed by atoms with van der Waals surface area (Å²) >= 11 is 19.2. The van der Waals surface area contributed by atoms with Gasteiger partial charge >= 0.3 is 6.09 Å². The first-order valence-electron chi connectivity index (χ1n) is 15.4. The van der Waals surface area contributed by atoms with E-state index in [1.807, 2.05) is 20.8 Å². The first-order valence-corrected chi connectivity index (χ1v) is 16.5. The Morgan fingerprint density at radius 3 is 2.48 bits per heavy atom. The van der Waals surface area contributed by atoms with Crippen molar-refractivity contribution in [3.05, 3.63) is 68.3 Å². The van der Waals surface area contributed by atoms with Gasteiger partial charge in [-0.15, -0.1) is 0 Å². The molecule has 0 radical (unpaired) electrons. The van der Waals surface area contributed by atoms with Crippen LogP contribution in [0.5, 0.6) is 0 Å². The van der Waals surface area contributed by atoms with Gasteiger partial charge in [0.1, 0.15) is 11.6 Å². The van der Waals surface area contributed by atoms with Crippen molar-refractivity contribution in [1.82, 2.24) is 20.5 Å². The molecule has 6 N–H and O–H groups in total. The molecule has 4 amide bonds. The van der Waals surface area contributed by atoms with Crippen molar-refractivity contribution in [1.29, 1.82) is 0 Å². The third-order valence-electron chi connectivity index (χ3n) is 8.92. The predicted molar refractivity (Wildman–Crippen MR) is 180 cm³/mol. The van der Waals surface area contributed by atoms with Crippen LogP contribution in [0.25, 0.3) is 10.9 Å². The maximum atomic E-state index is 14.3. The van der Waals surface area contributed by atoms with Crippen LogP contribution in [0.2, 0.25) is 15.1 Å². The number of primary amides is 1. The second-order valence-corrected chi connectivity index (χ2v) is 13.5. The number of nitrogens with zero attached hydrogens (tertiary/aromatic N) is 1. The maximum absolute atomic E-state index is 14.3. The van der Waals surface area contributed by atoms with Crippen molar-refractivity contribution in [3.63, 3.8) is 0 Å². The van der Waals surface area contributed by atoms with Crippen LogP contribution in [0.1, 0.15) is 63.3 Å². The molecule has 1 aromatic heterocycles. The summed E-state index contributed by atoms with van der Waals surface area (Å²) in [5, 5.41) is 18.4. The molecule has 0 saturated carbocycles. The molecular weight excluding hydrogens is 653 g/mol. The lowest BCUT2D eigenvalue weighted by molar-refractivity contribution is -0.137. The number of carboxylic acid groups (broad SMARTS) is 1. The van der Waals surface area contributed by atoms with E-state index in [1.165, 1.54) is 0 Å². The number of benzene rings is 2. The molecule has 0 spiro atoms. The van der Waals surface area contributed by atoms with Gasteiger partial charge in [-0.2, -0.15) is 0 Å². The summed E-state index contributed by atoms with van der Waals surface area (Å²) in [5.74, 6) is -1.86. The van der Waals surface area contributed by atoms with E-state index in [0.29, 0.717) is 45.4 Å². The Labute approximate surface area is 283 Å². The Morgan fingerprint density at radius 2 is 1.83 bits per heavy atom. The average Bonchev–Trinajstić information content (AvgIpc) is 3.36. The number of nitrogens with one attached hydrogen (secondary N) is 3. The van der Waals surface area contributed by atoms with Crippen molar-refractivity contribution in [2.24, 2.45) is 17.6 Å². The summed E-state index contributed by atoms with van der Waals surface area (Å²) in [6.07, 6.45) is 0.682. The zero-order valence-corrected chi connectivity index (χ0v) is 28.4. The van der Waals surface area contributed by atoms with Crippen LogP contribution in [-0.2, 0) is 33.8 Å². The van der Waals surface area contributed by atoms with Crippen LogP contribution >= 0.6 is 34.8 Å². The minimum atomic E-state index is -1.42. The van der Waals surface area contributed by atoms with Crippen LogP contribution in [0.3, 0.4) is 0 Å². The highest BCUT2D eigenvalue weighted by molar-refractivity contribution is 6.38. The van der Waals surface area contributed by atoms with E-state index >= 15 is 0 Å². The normalized spacial score (nSPS) is 17.9. The molecule has 3 aromatic rings. The number of nitrogens with two attached hydrogens (primary N) is 1. The summed E-state index contributed by atoms with van der Waals surface area (Å²) < 4.78 is 0. The van der Waals surface area contributed by atoms with Crippen molar-refractivity contribution in [2.75, 3.05) is 6.54 Å². The second-order valence-electron chi connectivity index (χ2n) is 12.3. The number of halogens is 3. The van der Waals surface area contributed by atoms with Crippen LogP contribution in [-0.4, -0.2) is 56.9 Å². The van der Waals surface area contributed by atoms with Crippen molar-refractivity contribution >= 4 is 69.5 Å². The Kier molecular flexibility index (Phi) is 11.5. The highest BCUT2D eigenvalue weighted by atomic mass is 35.5. The van der Waals surface area contributed by atoms with Crippen LogP contribution < -0.4 is 16.4 Å². The SMILES string of the molecule is CC[C@H](C)C(C(=O)N[C@]1(C(=O)NC[C@@H](C)CCC(N)=O)CCc2[nH]c3c(Cl)cc(Cl)cc3c2C1)N(Cc1ccccc1Cl)C(=O)O. The summed E-state index contributed by atoms with van der Waals surface area (Å²) in [6.45, 7) is 5.73. The molecule has 1 heterocycles. The number of aryl methyl sites for hydroxylation is 1. The maximum Gasteiger partial charge on any atom is 0.408 e. The van der Waals surface area contributed by atoms with E-state index in [4.69, 9.17) is 40.5 Å². The fraction of sp³-hybridized carbons (Fsp3) is 0.455. The monoisotopic (exact) mass is 691 g/mol. The van der Waals surface area contributed by atoms with E-state index in [2.05, 4.69) is 15.6 Å². The zero-order chi connectivity index (χ0) is 33.8. The van der Waals surface area contributed by atoms with E-state index in [-0.39, 0.29) is 38.3 Å². The number of rotatable bonds is 13. The van der Waals surface area contributed by atoms with E-state index in [0.717, 1.165) is 21.5 Å². The number of H-pyrrole nitrogens is 1. The third kappa shape index (κ3) is 7.90. The number of carbonyl (C=O) groups excluding carboxylic acids is 3. The largest absolute Gasteiger partial charge is 0.465 e. The van der Waals surface area contributed by atoms with E-state index in [9.17, 15) is 24.3 Å². The Bertz CT molecular complexity index is 1630. The summed E-state index contributed by atoms with van der Waals surface area (Å²) in [7, 11) is 0. The fourth-order valence-corrected chi connectivity index (χ4v) is 6.83. The summed E-state index contributed by atoms with van der Waals surface area (Å²) in [5.41, 5.74) is 6.82. The third-order valence-corrected chi connectivity index (χ3v) is 9.81. The highest BCUT2D eigenvalue weighted by Gasteiger charge is 2.46. The molecule has 10 nitrogen and oxygen atoms in total. The van der Waals surface area contributed by atoms with Gasteiger partial charge in [0.15, 0.2) is 0 Å². The van der Waals surface area contributed by atoms with Gasteiger partial charge < -0.3 is 26.5 Å². The average molecular weight is 693 g/mol. The molecule has 1 aliphatic carbocycles. The first-order chi connectivity index (χ1) is 21.8. The number of aromatic nitrogens is 1. The number of amides is 4. The van der Waals surface area contributed by atoms with Gasteiger partial charge in [0.2, 0.25) is 17.7 Å². The highest BCUT2D eigenvalue weighted by Crippen LogP contribution is 2.38. The summed E-state index contributed by atoms with van der Waals surface area (Å²) in [4.78, 5) is 56.9. The molecule has 0 bridgehead atoms. The molecule has 46 heavy (non-hydrogen) atoms. The lowest BCUT2D eigenvalue weighted by Crippen LogP contribution is -2.65. The second kappa shape index (κ2) is 15.0. The van der Waals surface area contributed by atoms with Gasteiger partial charge in [0.25, 0.3) is 0 Å². The van der Waals surface area contributed by atoms with Crippen LogP contribution in [0.15, 0.2) is 36.4 Å². The Hall–Kier alpha value is -3.47. The summed E-state index contributed by atoms with van der Waals surface area (Å²) in [6, 6.07) is 9.17. The van der Waals surface area contributed by atoms with Gasteiger partial charge in [0.05, 0.1) is 17.1 Å². The zero-order valence-electron chi connectivity index (χ0n) is 26.1.